The van der Waals surface area contributed by atoms with Crippen LogP contribution in [0.1, 0.15) is 5.56 Å². The highest BCUT2D eigenvalue weighted by atomic mass is 79.9. The first-order valence-corrected chi connectivity index (χ1v) is 9.23. The summed E-state index contributed by atoms with van der Waals surface area (Å²) in [5, 5.41) is 0. The van der Waals surface area contributed by atoms with Crippen LogP contribution in [0, 0.1) is 0 Å². The Balaban J connectivity index is 2.31. The maximum atomic E-state index is 12.6. The Labute approximate surface area is 149 Å². The van der Waals surface area contributed by atoms with Crippen LogP contribution in [0.3, 0.4) is 0 Å². The van der Waals surface area contributed by atoms with Gasteiger partial charge in [-0.15, -0.1) is 0 Å². The summed E-state index contributed by atoms with van der Waals surface area (Å²) in [7, 11) is 0.714. The molecule has 0 bridgehead atoms. The molecule has 0 atom stereocenters. The number of para-hydroxylation sites is 1. The number of sulfonamides is 1. The average molecular weight is 416 g/mol. The van der Waals surface area contributed by atoms with Crippen LogP contribution in [0.25, 0.3) is 0 Å². The lowest BCUT2D eigenvalue weighted by atomic mass is 10.2. The second-order valence-corrected chi connectivity index (χ2v) is 7.36. The van der Waals surface area contributed by atoms with Crippen LogP contribution >= 0.6 is 15.9 Å². The lowest BCUT2D eigenvalue weighted by Crippen LogP contribution is -2.24. The minimum absolute atomic E-state index is 0.0649. The molecule has 2 aromatic carbocycles. The van der Waals surface area contributed by atoms with E-state index in [1.807, 2.05) is 12.1 Å². The van der Waals surface area contributed by atoms with Crippen molar-refractivity contribution >= 4 is 26.0 Å². The van der Waals surface area contributed by atoms with Gasteiger partial charge in [-0.3, -0.25) is 0 Å². The monoisotopic (exact) mass is 415 g/mol. The molecule has 130 valence electrons. The molecule has 2 rings (SSSR count). The molecule has 0 aliphatic rings. The molecule has 2 aromatic rings. The third kappa shape index (κ3) is 4.00. The van der Waals surface area contributed by atoms with Crippen molar-refractivity contribution in [3.8, 4) is 17.2 Å². The maximum absolute atomic E-state index is 12.6. The van der Waals surface area contributed by atoms with Crippen LogP contribution in [0.4, 0.5) is 0 Å². The summed E-state index contributed by atoms with van der Waals surface area (Å²) in [6.45, 7) is 0.104. The van der Waals surface area contributed by atoms with Crippen molar-refractivity contribution in [1.29, 1.82) is 0 Å². The Kier molecular flexibility index (Phi) is 6.09. The number of methoxy groups -OCH3 is 3. The second-order valence-electron chi connectivity index (χ2n) is 4.77. The molecule has 0 unspecified atom stereocenters. The van der Waals surface area contributed by atoms with Gasteiger partial charge in [0, 0.05) is 22.6 Å². The predicted octanol–water partition coefficient (Wildman–Crippen LogP) is 2.95. The fourth-order valence-corrected chi connectivity index (χ4v) is 4.18. The van der Waals surface area contributed by atoms with Gasteiger partial charge in [-0.2, -0.15) is 0 Å². The Morgan fingerprint density at radius 2 is 1.54 bits per heavy atom. The van der Waals surface area contributed by atoms with Crippen molar-refractivity contribution in [1.82, 2.24) is 4.72 Å². The SMILES string of the molecule is COc1ccccc1CNS(=O)(=O)c1cc(OC)c(OC)cc1Br. The van der Waals surface area contributed by atoms with Crippen LogP contribution in [-0.4, -0.2) is 29.7 Å². The van der Waals surface area contributed by atoms with Crippen LogP contribution in [0.15, 0.2) is 45.8 Å². The summed E-state index contributed by atoms with van der Waals surface area (Å²) < 4.78 is 43.7. The van der Waals surface area contributed by atoms with E-state index in [1.165, 1.54) is 27.4 Å². The van der Waals surface area contributed by atoms with Gasteiger partial charge >= 0.3 is 0 Å². The summed E-state index contributed by atoms with van der Waals surface area (Å²) in [6, 6.07) is 10.2. The van der Waals surface area contributed by atoms with Gasteiger partial charge < -0.3 is 14.2 Å². The molecule has 6 nitrogen and oxygen atoms in total. The quantitative estimate of drug-likeness (QED) is 0.752. The maximum Gasteiger partial charge on any atom is 0.242 e. The highest BCUT2D eigenvalue weighted by molar-refractivity contribution is 9.10. The number of hydrogen-bond acceptors (Lipinski definition) is 5. The fraction of sp³-hybridized carbons (Fsp3) is 0.250. The smallest absolute Gasteiger partial charge is 0.242 e. The molecular formula is C16H18BrNO5S. The summed E-state index contributed by atoms with van der Waals surface area (Å²) >= 11 is 3.26. The number of rotatable bonds is 7. The van der Waals surface area contributed by atoms with E-state index in [0.717, 1.165) is 5.56 Å². The van der Waals surface area contributed by atoms with E-state index in [1.54, 1.807) is 18.2 Å². The van der Waals surface area contributed by atoms with E-state index in [9.17, 15) is 8.42 Å². The molecule has 0 spiro atoms. The summed E-state index contributed by atoms with van der Waals surface area (Å²) in [6.07, 6.45) is 0. The van der Waals surface area contributed by atoms with E-state index in [4.69, 9.17) is 14.2 Å². The second kappa shape index (κ2) is 7.87. The third-order valence-electron chi connectivity index (χ3n) is 3.37. The van der Waals surface area contributed by atoms with Gasteiger partial charge in [-0.05, 0) is 28.1 Å². The molecule has 0 heterocycles. The van der Waals surface area contributed by atoms with Crippen molar-refractivity contribution in [2.75, 3.05) is 21.3 Å². The molecule has 0 aliphatic carbocycles. The van der Waals surface area contributed by atoms with Crippen molar-refractivity contribution in [3.05, 3.63) is 46.4 Å². The van der Waals surface area contributed by atoms with Gasteiger partial charge in [-0.1, -0.05) is 18.2 Å². The minimum Gasteiger partial charge on any atom is -0.496 e. The molecule has 1 N–H and O–H groups in total. The lowest BCUT2D eigenvalue weighted by molar-refractivity contribution is 0.353. The van der Waals surface area contributed by atoms with Gasteiger partial charge in [0.1, 0.15) is 10.6 Å². The number of halogens is 1. The number of ether oxygens (including phenoxy) is 3. The van der Waals surface area contributed by atoms with Gasteiger partial charge in [0.15, 0.2) is 11.5 Å². The van der Waals surface area contributed by atoms with Gasteiger partial charge in [0.05, 0.1) is 21.3 Å². The molecule has 0 aliphatic heterocycles. The Bertz CT molecular complexity index is 823. The predicted molar refractivity (Wildman–Crippen MR) is 94.3 cm³/mol. The van der Waals surface area contributed by atoms with Crippen LogP contribution in [-0.2, 0) is 16.6 Å². The molecule has 24 heavy (non-hydrogen) atoms. The first kappa shape index (κ1) is 18.6. The number of benzene rings is 2. The van der Waals surface area contributed by atoms with E-state index in [0.29, 0.717) is 21.7 Å². The zero-order valence-corrected chi connectivity index (χ0v) is 15.9. The van der Waals surface area contributed by atoms with Crippen LogP contribution < -0.4 is 18.9 Å². The van der Waals surface area contributed by atoms with Crippen LogP contribution in [0.2, 0.25) is 0 Å². The summed E-state index contributed by atoms with van der Waals surface area (Å²) in [5.74, 6) is 1.39. The number of hydrogen-bond donors (Lipinski definition) is 1. The molecule has 0 amide bonds. The third-order valence-corrected chi connectivity index (χ3v) is 5.73. The molecule has 0 radical (unpaired) electrons. The van der Waals surface area contributed by atoms with Crippen molar-refractivity contribution in [2.45, 2.75) is 11.4 Å². The molecule has 0 saturated carbocycles. The summed E-state index contributed by atoms with van der Waals surface area (Å²) in [4.78, 5) is 0.0649. The van der Waals surface area contributed by atoms with Crippen molar-refractivity contribution in [3.63, 3.8) is 0 Å². The van der Waals surface area contributed by atoms with Gasteiger partial charge in [0.2, 0.25) is 10.0 Å². The van der Waals surface area contributed by atoms with Gasteiger partial charge in [-0.25, -0.2) is 13.1 Å². The molecular weight excluding hydrogens is 398 g/mol. The minimum atomic E-state index is -3.76. The van der Waals surface area contributed by atoms with E-state index in [2.05, 4.69) is 20.7 Å². The van der Waals surface area contributed by atoms with E-state index in [-0.39, 0.29) is 11.4 Å². The van der Waals surface area contributed by atoms with Crippen molar-refractivity contribution < 1.29 is 22.6 Å². The fourth-order valence-electron chi connectivity index (χ4n) is 2.14. The molecule has 8 heteroatoms. The van der Waals surface area contributed by atoms with Crippen LogP contribution in [0.5, 0.6) is 17.2 Å². The zero-order valence-electron chi connectivity index (χ0n) is 13.5. The Hall–Kier alpha value is -1.77. The van der Waals surface area contributed by atoms with Gasteiger partial charge in [0.25, 0.3) is 0 Å². The van der Waals surface area contributed by atoms with E-state index < -0.39 is 10.0 Å². The first-order chi connectivity index (χ1) is 11.4. The summed E-state index contributed by atoms with van der Waals surface area (Å²) in [5.41, 5.74) is 0.736. The molecule has 0 saturated heterocycles. The highest BCUT2D eigenvalue weighted by Crippen LogP contribution is 2.35. The highest BCUT2D eigenvalue weighted by Gasteiger charge is 2.21. The van der Waals surface area contributed by atoms with Crippen molar-refractivity contribution in [2.24, 2.45) is 0 Å². The Morgan fingerprint density at radius 1 is 0.958 bits per heavy atom. The molecule has 0 fully saturated rings. The lowest BCUT2D eigenvalue weighted by Gasteiger charge is -2.14. The number of nitrogens with one attached hydrogen (secondary N) is 1. The normalized spacial score (nSPS) is 11.2. The molecule has 0 aromatic heterocycles. The largest absolute Gasteiger partial charge is 0.496 e. The van der Waals surface area contributed by atoms with E-state index >= 15 is 0 Å². The zero-order chi connectivity index (χ0) is 17.7. The Morgan fingerprint density at radius 3 is 2.17 bits per heavy atom. The topological polar surface area (TPSA) is 73.9 Å². The first-order valence-electron chi connectivity index (χ1n) is 6.96. The standard InChI is InChI=1S/C16H18BrNO5S/c1-21-13-7-5-4-6-11(13)10-18-24(19,20)16-9-15(23-3)14(22-2)8-12(16)17/h4-9,18H,10H2,1-3H3. The average Bonchev–Trinajstić information content (AvgIpc) is 2.59.